The Labute approximate surface area is 281 Å². The zero-order chi connectivity index (χ0) is 36.9. The second kappa shape index (κ2) is 12.9. The molecule has 0 atom stereocenters. The highest BCUT2D eigenvalue weighted by molar-refractivity contribution is 7.90. The lowest BCUT2D eigenvalue weighted by Gasteiger charge is -2.21. The summed E-state index contributed by atoms with van der Waals surface area (Å²) in [5, 5.41) is 17.5. The predicted octanol–water partition coefficient (Wildman–Crippen LogP) is 0.988. The highest BCUT2D eigenvalue weighted by atomic mass is 32.2. The van der Waals surface area contributed by atoms with Crippen molar-refractivity contribution in [3.05, 3.63) is 58.9 Å². The Bertz CT molecular complexity index is 2490. The van der Waals surface area contributed by atoms with Crippen molar-refractivity contribution in [2.45, 2.75) is 29.1 Å². The number of sulfonamides is 1. The number of anilines is 1. The first-order valence-corrected chi connectivity index (χ1v) is 18.5. The lowest BCUT2D eigenvalue weighted by Crippen LogP contribution is -2.32. The summed E-state index contributed by atoms with van der Waals surface area (Å²) in [7, 11) is -14.6. The van der Waals surface area contributed by atoms with Crippen molar-refractivity contribution in [3.8, 4) is 22.5 Å². The van der Waals surface area contributed by atoms with E-state index >= 15 is 0 Å². The molecule has 0 unspecified atom stereocenters. The molecular weight excluding hydrogens is 729 g/mol. The van der Waals surface area contributed by atoms with Gasteiger partial charge in [0, 0.05) is 35.9 Å². The molecule has 2 amide bonds. The van der Waals surface area contributed by atoms with Crippen molar-refractivity contribution in [3.63, 3.8) is 0 Å². The van der Waals surface area contributed by atoms with E-state index in [0.29, 0.717) is 0 Å². The van der Waals surface area contributed by atoms with Gasteiger partial charge in [0.1, 0.15) is 4.90 Å². The molecule has 0 radical (unpaired) electrons. The summed E-state index contributed by atoms with van der Waals surface area (Å²) in [5.41, 5.74) is 2.88. The van der Waals surface area contributed by atoms with Gasteiger partial charge in [-0.05, 0) is 54.4 Å². The smallest absolute Gasteiger partial charge is 0.363 e. The monoisotopic (exact) mass is 752 g/mol. The Morgan fingerprint density at radius 2 is 1.60 bits per heavy atom. The maximum absolute atomic E-state index is 13.6. The van der Waals surface area contributed by atoms with Crippen molar-refractivity contribution in [1.29, 1.82) is 5.41 Å². The number of carboxylic acids is 1. The normalized spacial score (nSPS) is 14.1. The van der Waals surface area contributed by atoms with Gasteiger partial charge in [-0.25, -0.2) is 22.7 Å². The van der Waals surface area contributed by atoms with Gasteiger partial charge in [-0.2, -0.15) is 16.8 Å². The highest BCUT2D eigenvalue weighted by Gasteiger charge is 2.35. The highest BCUT2D eigenvalue weighted by Crippen LogP contribution is 2.46. The van der Waals surface area contributed by atoms with Crippen LogP contribution in [0, 0.1) is 5.41 Å². The molecule has 3 aliphatic rings. The number of hydrogen-bond acceptors (Lipinski definition) is 14. The summed E-state index contributed by atoms with van der Waals surface area (Å²) in [6.07, 6.45) is -0.847. The zero-order valence-electron chi connectivity index (χ0n) is 25.1. The van der Waals surface area contributed by atoms with E-state index in [2.05, 4.69) is 4.72 Å². The van der Waals surface area contributed by atoms with Crippen molar-refractivity contribution < 1.29 is 67.9 Å². The molecule has 5 rings (SSSR count). The molecule has 2 aromatic carbocycles. The van der Waals surface area contributed by atoms with Crippen LogP contribution < -0.4 is 15.8 Å². The number of hydrogen-bond donors (Lipinski definition) is 6. The van der Waals surface area contributed by atoms with Crippen LogP contribution in [0.4, 0.5) is 5.69 Å². The molecule has 0 saturated carbocycles. The van der Waals surface area contributed by atoms with E-state index in [4.69, 9.17) is 25.0 Å². The largest absolute Gasteiger partial charge is 0.478 e. The number of nitrogens with one attached hydrogen (secondary N) is 2. The van der Waals surface area contributed by atoms with Gasteiger partial charge in [0.25, 0.3) is 32.1 Å². The van der Waals surface area contributed by atoms with E-state index in [-0.39, 0.29) is 40.0 Å². The molecule has 19 nitrogen and oxygen atoms in total. The van der Waals surface area contributed by atoms with Crippen molar-refractivity contribution in [2.24, 2.45) is 0 Å². The van der Waals surface area contributed by atoms with Gasteiger partial charge < -0.3 is 20.1 Å². The summed E-state index contributed by atoms with van der Waals surface area (Å²) >= 11 is 0. The summed E-state index contributed by atoms with van der Waals surface area (Å²) in [4.78, 5) is 52.6. The maximum atomic E-state index is 13.6. The minimum absolute atomic E-state index is 0.224. The number of nitrogen functional groups attached to an aromatic ring is 1. The van der Waals surface area contributed by atoms with Gasteiger partial charge >= 0.3 is 11.9 Å². The quantitative estimate of drug-likeness (QED) is 0.0409. The first kappa shape index (κ1) is 36.0. The molecule has 264 valence electrons. The maximum Gasteiger partial charge on any atom is 0.363 e. The number of carbonyl (C=O) groups excluding carboxylic acids is 3. The molecule has 22 heteroatoms. The summed E-state index contributed by atoms with van der Waals surface area (Å²) in [6.45, 7) is -0.555. The van der Waals surface area contributed by atoms with Crippen LogP contribution >= 0.6 is 0 Å². The second-order valence-electron chi connectivity index (χ2n) is 10.7. The van der Waals surface area contributed by atoms with Gasteiger partial charge in [0.05, 0.1) is 27.9 Å². The second-order valence-corrected chi connectivity index (χ2v) is 15.3. The van der Waals surface area contributed by atoms with E-state index in [1.807, 2.05) is 0 Å². The topological polar surface area (TPSA) is 319 Å². The lowest BCUT2D eigenvalue weighted by molar-refractivity contribution is -0.172. The van der Waals surface area contributed by atoms with E-state index in [1.165, 1.54) is 6.07 Å². The standard InChI is InChI=1S/C28H24N4O15S3/c29-18-6-4-15-22(17-12-13(2-3-14(17)27(35)36)28(37)47-32-20(33)8-9-21(32)34)16-5-7-19(30)26(50(43,44)45)24(16)46-23(15)25(18)49(41,42)31-10-1-11-48(38,39)40/h2-7,12,30-31H,1,8-11,29H2,(H,35,36)(H,38,39,40)(H,43,44,45). The molecule has 50 heavy (non-hydrogen) atoms. The average molecular weight is 753 g/mol. The van der Waals surface area contributed by atoms with Crippen molar-refractivity contribution >= 4 is 70.7 Å². The Kier molecular flexibility index (Phi) is 9.29. The number of nitrogens with two attached hydrogens (primary N) is 1. The zero-order valence-corrected chi connectivity index (χ0v) is 27.5. The number of aromatic carboxylic acids is 1. The molecule has 1 saturated heterocycles. The van der Waals surface area contributed by atoms with E-state index < -0.39 is 116 Å². The van der Waals surface area contributed by atoms with Gasteiger partial charge in [-0.15, -0.1) is 5.06 Å². The predicted molar refractivity (Wildman–Crippen MR) is 168 cm³/mol. The third kappa shape index (κ3) is 6.92. The lowest BCUT2D eigenvalue weighted by atomic mass is 9.89. The molecule has 1 aliphatic carbocycles. The summed E-state index contributed by atoms with van der Waals surface area (Å²) < 4.78 is 101. The number of rotatable bonds is 11. The SMILES string of the molecule is N=c1ccc2c(-c3cc(C(=O)ON4C(=O)CCC4=O)ccc3C(=O)O)c3ccc(N)c(S(=O)(=O)NCCCS(=O)(=O)O)c3oc-2c1S(=O)(=O)O. The molecule has 2 aliphatic heterocycles. The Morgan fingerprint density at radius 1 is 0.940 bits per heavy atom. The van der Waals surface area contributed by atoms with Crippen LogP contribution in [0.1, 0.15) is 40.0 Å². The fourth-order valence-electron chi connectivity index (χ4n) is 5.20. The molecule has 2 heterocycles. The number of carbonyl (C=O) groups is 4. The number of hydroxylamine groups is 2. The fraction of sp³-hybridized carbons (Fsp3) is 0.179. The number of nitrogens with zero attached hydrogens (tertiary/aromatic N) is 1. The molecule has 0 aromatic heterocycles. The van der Waals surface area contributed by atoms with E-state index in [0.717, 1.165) is 36.4 Å². The van der Waals surface area contributed by atoms with E-state index in [1.54, 1.807) is 0 Å². The summed E-state index contributed by atoms with van der Waals surface area (Å²) in [6, 6.07) is 7.18. The number of carboxylic acid groups (broad SMARTS) is 1. The number of fused-ring (bicyclic) bond motifs is 2. The van der Waals surface area contributed by atoms with Crippen LogP contribution in [-0.4, -0.2) is 80.6 Å². The van der Waals surface area contributed by atoms with Crippen molar-refractivity contribution in [1.82, 2.24) is 9.79 Å². The van der Waals surface area contributed by atoms with Gasteiger partial charge in [0.15, 0.2) is 16.2 Å². The minimum atomic E-state index is -5.31. The Balaban J connectivity index is 1.84. The average Bonchev–Trinajstić information content (AvgIpc) is 3.32. The summed E-state index contributed by atoms with van der Waals surface area (Å²) in [5.74, 6) is -6.14. The number of amides is 2. The number of imide groups is 1. The molecule has 2 aromatic rings. The molecular formula is C28H24N4O15S3. The van der Waals surface area contributed by atoms with E-state index in [9.17, 15) is 54.1 Å². The van der Waals surface area contributed by atoms with Crippen molar-refractivity contribution in [2.75, 3.05) is 18.0 Å². The third-order valence-electron chi connectivity index (χ3n) is 7.33. The Morgan fingerprint density at radius 3 is 2.20 bits per heavy atom. The molecule has 0 spiro atoms. The van der Waals surface area contributed by atoms with Crippen LogP contribution in [0.25, 0.3) is 33.4 Å². The van der Waals surface area contributed by atoms with Crippen LogP contribution in [0.5, 0.6) is 0 Å². The van der Waals surface area contributed by atoms with Crippen LogP contribution in [-0.2, 0) is 44.7 Å². The van der Waals surface area contributed by atoms with Gasteiger partial charge in [-0.3, -0.25) is 24.1 Å². The fourth-order valence-corrected chi connectivity index (χ4v) is 7.77. The van der Waals surface area contributed by atoms with Crippen LogP contribution in [0.15, 0.2) is 56.7 Å². The Hall–Kier alpha value is -5.26. The van der Waals surface area contributed by atoms with Gasteiger partial charge in [-0.1, -0.05) is 0 Å². The van der Waals surface area contributed by atoms with Crippen LogP contribution in [0.2, 0.25) is 0 Å². The van der Waals surface area contributed by atoms with Crippen LogP contribution in [0.3, 0.4) is 0 Å². The number of benzene rings is 3. The molecule has 7 N–H and O–H groups in total. The molecule has 1 fully saturated rings. The first-order valence-electron chi connectivity index (χ1n) is 14.0. The third-order valence-corrected chi connectivity index (χ3v) is 10.6. The first-order chi connectivity index (χ1) is 23.2. The molecule has 0 bridgehead atoms. The van der Waals surface area contributed by atoms with Gasteiger partial charge in [0.2, 0.25) is 10.0 Å². The minimum Gasteiger partial charge on any atom is -0.478 e.